The number of oxazole rings is 2. The van der Waals surface area contributed by atoms with E-state index in [4.69, 9.17) is 13.4 Å². The molecule has 1 N–H and O–H groups in total. The highest BCUT2D eigenvalue weighted by Gasteiger charge is 2.25. The van der Waals surface area contributed by atoms with Gasteiger partial charge >= 0.3 is 0 Å². The lowest BCUT2D eigenvalue weighted by Crippen LogP contribution is -2.14. The van der Waals surface area contributed by atoms with E-state index in [1.807, 2.05) is 0 Å². The molecule has 0 spiro atoms. The first kappa shape index (κ1) is 20.7. The van der Waals surface area contributed by atoms with Crippen molar-refractivity contribution < 1.29 is 21.8 Å². The highest BCUT2D eigenvalue weighted by atomic mass is 32.2. The van der Waals surface area contributed by atoms with Crippen molar-refractivity contribution >= 4 is 15.9 Å². The fourth-order valence-corrected chi connectivity index (χ4v) is 4.69. The number of aryl methyl sites for hydroxylation is 1. The van der Waals surface area contributed by atoms with Crippen LogP contribution >= 0.6 is 0 Å². The summed E-state index contributed by atoms with van der Waals surface area (Å²) in [6.07, 6.45) is 6.01. The molecule has 0 atom stereocenters. The summed E-state index contributed by atoms with van der Waals surface area (Å²) in [5.41, 5.74) is 3.58. The van der Waals surface area contributed by atoms with Crippen LogP contribution in [0.5, 0.6) is 0 Å². The summed E-state index contributed by atoms with van der Waals surface area (Å²) in [6, 6.07) is 12.1. The molecule has 0 fully saturated rings. The van der Waals surface area contributed by atoms with E-state index in [9.17, 15) is 8.42 Å². The molecule has 33 heavy (non-hydrogen) atoms. The minimum atomic E-state index is -4.01. The Kier molecular flexibility index (Phi) is 5.06. The van der Waals surface area contributed by atoms with Crippen molar-refractivity contribution in [1.29, 1.82) is 0 Å². The third kappa shape index (κ3) is 3.80. The number of hydrogen-bond donors (Lipinski definition) is 1. The molecule has 0 radical (unpaired) electrons. The molecule has 166 valence electrons. The lowest BCUT2D eigenvalue weighted by molar-refractivity contribution is 0.430. The maximum atomic E-state index is 13.3. The maximum Gasteiger partial charge on any atom is 0.264 e. The van der Waals surface area contributed by atoms with E-state index in [1.165, 1.54) is 24.8 Å². The predicted molar refractivity (Wildman–Crippen MR) is 120 cm³/mol. The largest absolute Gasteiger partial charge is 0.445 e. The highest BCUT2D eigenvalue weighted by molar-refractivity contribution is 7.92. The molecule has 3 aromatic heterocycles. The van der Waals surface area contributed by atoms with Gasteiger partial charge in [-0.1, -0.05) is 29.4 Å². The molecule has 2 aromatic carbocycles. The molecule has 9 nitrogen and oxygen atoms in total. The van der Waals surface area contributed by atoms with E-state index >= 15 is 0 Å². The van der Waals surface area contributed by atoms with Crippen LogP contribution in [-0.2, 0) is 10.0 Å². The number of rotatable bonds is 6. The first-order valence-corrected chi connectivity index (χ1v) is 11.4. The van der Waals surface area contributed by atoms with Crippen LogP contribution in [0.15, 0.2) is 85.6 Å². The van der Waals surface area contributed by atoms with Gasteiger partial charge in [-0.15, -0.1) is 0 Å². The van der Waals surface area contributed by atoms with Gasteiger partial charge in [0.15, 0.2) is 0 Å². The molecule has 5 rings (SSSR count). The molecule has 0 saturated carbocycles. The van der Waals surface area contributed by atoms with Crippen molar-refractivity contribution in [2.45, 2.75) is 18.7 Å². The summed E-state index contributed by atoms with van der Waals surface area (Å²) in [7, 11) is -4.01. The molecule has 5 aromatic rings. The number of nitrogens with one attached hydrogen (secondary N) is 1. The minimum absolute atomic E-state index is 0.0649. The zero-order valence-corrected chi connectivity index (χ0v) is 18.5. The Morgan fingerprint density at radius 3 is 2.24 bits per heavy atom. The Morgan fingerprint density at radius 2 is 1.58 bits per heavy atom. The normalized spacial score (nSPS) is 11.6. The first-order valence-electron chi connectivity index (χ1n) is 9.93. The Hall–Kier alpha value is -4.18. The number of sulfonamides is 1. The summed E-state index contributed by atoms with van der Waals surface area (Å²) >= 11 is 0. The van der Waals surface area contributed by atoms with E-state index in [0.717, 1.165) is 0 Å². The van der Waals surface area contributed by atoms with Crippen molar-refractivity contribution in [3.05, 3.63) is 78.6 Å². The fourth-order valence-electron chi connectivity index (χ4n) is 3.42. The molecule has 0 amide bonds. The molecule has 0 unspecified atom stereocenters. The summed E-state index contributed by atoms with van der Waals surface area (Å²) < 4.78 is 45.3. The van der Waals surface area contributed by atoms with E-state index < -0.39 is 10.0 Å². The third-order valence-electron chi connectivity index (χ3n) is 5.21. The Morgan fingerprint density at radius 1 is 0.848 bits per heavy atom. The average Bonchev–Trinajstić information content (AvgIpc) is 3.59. The summed E-state index contributed by atoms with van der Waals surface area (Å²) in [5, 5.41) is 3.82. The summed E-state index contributed by atoms with van der Waals surface area (Å²) in [5.74, 6) is 0.836. The van der Waals surface area contributed by atoms with E-state index in [2.05, 4.69) is 19.8 Å². The Bertz CT molecular complexity index is 1520. The number of benzene rings is 2. The van der Waals surface area contributed by atoms with Crippen LogP contribution < -0.4 is 4.72 Å². The number of aromatic nitrogens is 3. The minimum Gasteiger partial charge on any atom is -0.445 e. The number of anilines is 1. The van der Waals surface area contributed by atoms with Gasteiger partial charge in [-0.3, -0.25) is 0 Å². The maximum absolute atomic E-state index is 13.3. The second-order valence-corrected chi connectivity index (χ2v) is 8.91. The van der Waals surface area contributed by atoms with Gasteiger partial charge in [0.2, 0.25) is 17.7 Å². The first-order chi connectivity index (χ1) is 15.9. The quantitative estimate of drug-likeness (QED) is 0.371. The zero-order chi connectivity index (χ0) is 23.0. The number of hydrogen-bond acceptors (Lipinski definition) is 8. The molecular formula is C23H18N4O5S. The van der Waals surface area contributed by atoms with E-state index in [1.54, 1.807) is 56.4 Å². The molecule has 0 bridgehead atoms. The summed E-state index contributed by atoms with van der Waals surface area (Å²) in [4.78, 5) is 8.51. The van der Waals surface area contributed by atoms with Gasteiger partial charge in [-0.2, -0.15) is 0 Å². The van der Waals surface area contributed by atoms with Gasteiger partial charge in [0.25, 0.3) is 10.0 Å². The highest BCUT2D eigenvalue weighted by Crippen LogP contribution is 2.38. The predicted octanol–water partition coefficient (Wildman–Crippen LogP) is 5.07. The van der Waals surface area contributed by atoms with Gasteiger partial charge in [0, 0.05) is 22.3 Å². The molecule has 0 aliphatic heterocycles. The monoisotopic (exact) mass is 462 g/mol. The van der Waals surface area contributed by atoms with Crippen molar-refractivity contribution in [1.82, 2.24) is 15.1 Å². The van der Waals surface area contributed by atoms with Crippen molar-refractivity contribution in [3.63, 3.8) is 0 Å². The van der Waals surface area contributed by atoms with Gasteiger partial charge < -0.3 is 13.4 Å². The third-order valence-corrected chi connectivity index (χ3v) is 6.60. The molecule has 0 aliphatic rings. The van der Waals surface area contributed by atoms with Gasteiger partial charge in [0.05, 0.1) is 23.0 Å². The van der Waals surface area contributed by atoms with Crippen molar-refractivity contribution in [2.24, 2.45) is 0 Å². The van der Waals surface area contributed by atoms with Crippen LogP contribution in [-0.4, -0.2) is 23.5 Å². The Balaban J connectivity index is 1.66. The molecule has 3 heterocycles. The lowest BCUT2D eigenvalue weighted by atomic mass is 9.97. The molecule has 10 heteroatoms. The van der Waals surface area contributed by atoms with Crippen LogP contribution in [0.2, 0.25) is 0 Å². The van der Waals surface area contributed by atoms with E-state index in [-0.39, 0.29) is 10.8 Å². The van der Waals surface area contributed by atoms with Gasteiger partial charge in [-0.25, -0.2) is 23.1 Å². The van der Waals surface area contributed by atoms with Gasteiger partial charge in [0.1, 0.15) is 12.5 Å². The fraction of sp³-hybridized carbons (Fsp3) is 0.0870. The summed E-state index contributed by atoms with van der Waals surface area (Å²) in [6.45, 7) is 3.47. The van der Waals surface area contributed by atoms with Crippen LogP contribution in [0, 0.1) is 13.8 Å². The molecular weight excluding hydrogens is 444 g/mol. The average molecular weight is 462 g/mol. The van der Waals surface area contributed by atoms with Crippen LogP contribution in [0.4, 0.5) is 5.88 Å². The Labute approximate surface area is 189 Å². The number of nitrogens with zero attached hydrogens (tertiary/aromatic N) is 3. The van der Waals surface area contributed by atoms with Crippen LogP contribution in [0.1, 0.15) is 11.3 Å². The second-order valence-electron chi connectivity index (χ2n) is 7.26. The topological polar surface area (TPSA) is 124 Å². The second kappa shape index (κ2) is 8.06. The van der Waals surface area contributed by atoms with Crippen LogP contribution in [0.25, 0.3) is 34.0 Å². The van der Waals surface area contributed by atoms with Gasteiger partial charge in [-0.05, 0) is 37.6 Å². The lowest BCUT2D eigenvalue weighted by Gasteiger charge is -2.14. The SMILES string of the molecule is Cc1noc(NS(=O)(=O)c2ccccc2-c2ccc(-c3ncco3)cc2-c2ncco2)c1C. The smallest absolute Gasteiger partial charge is 0.264 e. The molecule has 0 saturated heterocycles. The standard InChI is InChI=1S/C23H18N4O5S/c1-14-15(2)26-32-21(14)27-33(28,29)20-6-4-3-5-18(20)17-8-7-16(22-24-9-11-30-22)13-19(17)23-25-10-12-31-23/h3-13,27H,1-2H3. The molecule has 0 aliphatic carbocycles. The van der Waals surface area contributed by atoms with Crippen molar-refractivity contribution in [3.8, 4) is 34.0 Å². The van der Waals surface area contributed by atoms with Crippen molar-refractivity contribution in [2.75, 3.05) is 4.72 Å². The zero-order valence-electron chi connectivity index (χ0n) is 17.6. The van der Waals surface area contributed by atoms with E-state index in [0.29, 0.717) is 45.3 Å². The van der Waals surface area contributed by atoms with Crippen LogP contribution in [0.3, 0.4) is 0 Å².